The molecule has 2 rings (SSSR count). The number of nitrogens with zero attached hydrogens (tertiary/aromatic N) is 2. The Morgan fingerprint density at radius 1 is 1.35 bits per heavy atom. The second-order valence-corrected chi connectivity index (χ2v) is 6.25. The second-order valence-electron chi connectivity index (χ2n) is 3.72. The molecule has 0 amide bonds. The van der Waals surface area contributed by atoms with Gasteiger partial charge in [0.25, 0.3) is 10.0 Å². The summed E-state index contributed by atoms with van der Waals surface area (Å²) in [6.07, 6.45) is 1.44. The molecule has 1 aromatic heterocycles. The van der Waals surface area contributed by atoms with Gasteiger partial charge in [-0.1, -0.05) is 23.8 Å². The van der Waals surface area contributed by atoms with Crippen LogP contribution in [0.2, 0.25) is 5.02 Å². The standard InChI is InChI=1S/C11H9ClN4O2S2/c12-9-6-7(3-4-8(9)11(13)19)20(17,18)16-10-2-1-5-14-15-10/h1-6H,(H2,13,19)(H,15,16). The van der Waals surface area contributed by atoms with Gasteiger partial charge in [-0.3, -0.25) is 4.72 Å². The molecular weight excluding hydrogens is 320 g/mol. The minimum absolute atomic E-state index is 0.0202. The van der Waals surface area contributed by atoms with Crippen LogP contribution in [0.15, 0.2) is 41.4 Å². The molecule has 0 radical (unpaired) electrons. The highest BCUT2D eigenvalue weighted by Crippen LogP contribution is 2.22. The summed E-state index contributed by atoms with van der Waals surface area (Å²) in [6, 6.07) is 7.13. The first-order valence-electron chi connectivity index (χ1n) is 5.30. The van der Waals surface area contributed by atoms with E-state index in [-0.39, 0.29) is 20.7 Å². The first-order valence-corrected chi connectivity index (χ1v) is 7.57. The summed E-state index contributed by atoms with van der Waals surface area (Å²) in [6.45, 7) is 0. The van der Waals surface area contributed by atoms with Gasteiger partial charge in [-0.05, 0) is 30.3 Å². The number of halogens is 1. The van der Waals surface area contributed by atoms with Gasteiger partial charge >= 0.3 is 0 Å². The fraction of sp³-hybridized carbons (Fsp3) is 0. The average molecular weight is 329 g/mol. The fourth-order valence-electron chi connectivity index (χ4n) is 1.42. The van der Waals surface area contributed by atoms with Crippen LogP contribution in [0.25, 0.3) is 0 Å². The van der Waals surface area contributed by atoms with E-state index in [0.717, 1.165) is 0 Å². The Labute approximate surface area is 126 Å². The predicted molar refractivity (Wildman–Crippen MR) is 80.2 cm³/mol. The number of anilines is 1. The van der Waals surface area contributed by atoms with Crippen molar-refractivity contribution < 1.29 is 8.42 Å². The molecule has 0 bridgehead atoms. The van der Waals surface area contributed by atoms with Crippen LogP contribution in [-0.4, -0.2) is 23.6 Å². The van der Waals surface area contributed by atoms with Crippen LogP contribution in [0.4, 0.5) is 5.82 Å². The molecule has 1 heterocycles. The Kier molecular flexibility index (Phi) is 4.17. The molecule has 0 saturated heterocycles. The lowest BCUT2D eigenvalue weighted by Crippen LogP contribution is -2.15. The summed E-state index contributed by atoms with van der Waals surface area (Å²) in [5.41, 5.74) is 5.88. The molecule has 1 aromatic carbocycles. The number of hydrogen-bond donors (Lipinski definition) is 2. The van der Waals surface area contributed by atoms with Crippen LogP contribution in [-0.2, 0) is 10.0 Å². The number of nitrogens with one attached hydrogen (secondary N) is 1. The second kappa shape index (κ2) is 5.70. The molecule has 104 valence electrons. The number of hydrogen-bond acceptors (Lipinski definition) is 5. The SMILES string of the molecule is NC(=S)c1ccc(S(=O)(=O)Nc2cccnn2)cc1Cl. The topological polar surface area (TPSA) is 98.0 Å². The summed E-state index contributed by atoms with van der Waals surface area (Å²) in [4.78, 5) is 0.0778. The van der Waals surface area contributed by atoms with Crippen LogP contribution in [0.3, 0.4) is 0 Å². The van der Waals surface area contributed by atoms with Crippen molar-refractivity contribution in [2.75, 3.05) is 4.72 Å². The molecule has 0 fully saturated rings. The van der Waals surface area contributed by atoms with Crippen molar-refractivity contribution in [2.24, 2.45) is 5.73 Å². The number of thiocarbonyl (C=S) groups is 1. The molecule has 20 heavy (non-hydrogen) atoms. The number of rotatable bonds is 4. The average Bonchev–Trinajstić information content (AvgIpc) is 2.38. The molecule has 6 nitrogen and oxygen atoms in total. The van der Waals surface area contributed by atoms with Crippen molar-refractivity contribution in [1.82, 2.24) is 10.2 Å². The van der Waals surface area contributed by atoms with E-state index in [0.29, 0.717) is 5.56 Å². The summed E-state index contributed by atoms with van der Waals surface area (Å²) in [7, 11) is -3.80. The first kappa shape index (κ1) is 14.6. The van der Waals surface area contributed by atoms with Crippen LogP contribution in [0, 0.1) is 0 Å². The number of sulfonamides is 1. The van der Waals surface area contributed by atoms with Crippen LogP contribution < -0.4 is 10.5 Å². The van der Waals surface area contributed by atoms with Gasteiger partial charge in [-0.2, -0.15) is 5.10 Å². The summed E-state index contributed by atoms with van der Waals surface area (Å²) in [5.74, 6) is 0.113. The Balaban J connectivity index is 2.35. The molecule has 0 aliphatic rings. The van der Waals surface area contributed by atoms with Crippen molar-refractivity contribution in [2.45, 2.75) is 4.90 Å². The van der Waals surface area contributed by atoms with Crippen LogP contribution >= 0.6 is 23.8 Å². The molecule has 3 N–H and O–H groups in total. The molecule has 0 aliphatic carbocycles. The molecular formula is C11H9ClN4O2S2. The van der Waals surface area contributed by atoms with E-state index in [1.165, 1.54) is 30.5 Å². The van der Waals surface area contributed by atoms with Crippen molar-refractivity contribution in [3.05, 3.63) is 47.1 Å². The zero-order valence-corrected chi connectivity index (χ0v) is 12.3. The molecule has 0 saturated carbocycles. The lowest BCUT2D eigenvalue weighted by atomic mass is 10.2. The maximum Gasteiger partial charge on any atom is 0.263 e. The quantitative estimate of drug-likeness (QED) is 0.827. The van der Waals surface area contributed by atoms with Crippen LogP contribution in [0.5, 0.6) is 0 Å². The van der Waals surface area contributed by atoms with Crippen molar-refractivity contribution in [3.63, 3.8) is 0 Å². The Morgan fingerprint density at radius 3 is 2.65 bits per heavy atom. The monoisotopic (exact) mass is 328 g/mol. The minimum Gasteiger partial charge on any atom is -0.389 e. The molecule has 0 aliphatic heterocycles. The third-order valence-electron chi connectivity index (χ3n) is 2.33. The van der Waals surface area contributed by atoms with Gasteiger partial charge in [0.2, 0.25) is 0 Å². The van der Waals surface area contributed by atoms with Gasteiger partial charge in [0.1, 0.15) is 4.99 Å². The highest BCUT2D eigenvalue weighted by atomic mass is 35.5. The zero-order chi connectivity index (χ0) is 14.8. The molecule has 2 aromatic rings. The largest absolute Gasteiger partial charge is 0.389 e. The Morgan fingerprint density at radius 2 is 2.10 bits per heavy atom. The van der Waals surface area contributed by atoms with E-state index in [1.54, 1.807) is 6.07 Å². The normalized spacial score (nSPS) is 11.1. The maximum absolute atomic E-state index is 12.1. The highest BCUT2D eigenvalue weighted by molar-refractivity contribution is 7.92. The smallest absolute Gasteiger partial charge is 0.263 e. The van der Waals surface area contributed by atoms with Gasteiger partial charge in [-0.15, -0.1) is 5.10 Å². The van der Waals surface area contributed by atoms with Crippen LogP contribution in [0.1, 0.15) is 5.56 Å². The third-order valence-corrected chi connectivity index (χ3v) is 4.21. The van der Waals surface area contributed by atoms with E-state index in [4.69, 9.17) is 29.6 Å². The van der Waals surface area contributed by atoms with E-state index < -0.39 is 10.0 Å². The summed E-state index contributed by atoms with van der Waals surface area (Å²) >= 11 is 10.7. The van der Waals surface area contributed by atoms with E-state index in [1.807, 2.05) is 0 Å². The highest BCUT2D eigenvalue weighted by Gasteiger charge is 2.17. The van der Waals surface area contributed by atoms with Crippen molar-refractivity contribution >= 4 is 44.6 Å². The van der Waals surface area contributed by atoms with Gasteiger partial charge < -0.3 is 5.73 Å². The first-order chi connectivity index (χ1) is 9.40. The molecule has 9 heteroatoms. The predicted octanol–water partition coefficient (Wildman–Crippen LogP) is 1.57. The Hall–Kier alpha value is -1.77. The third kappa shape index (κ3) is 3.21. The van der Waals surface area contributed by atoms with Gasteiger partial charge in [-0.25, -0.2) is 8.42 Å². The molecule has 0 unspecified atom stereocenters. The van der Waals surface area contributed by atoms with Gasteiger partial charge in [0.15, 0.2) is 5.82 Å². The number of benzene rings is 1. The number of nitrogens with two attached hydrogens (primary N) is 1. The lowest BCUT2D eigenvalue weighted by molar-refractivity contribution is 0.601. The van der Waals surface area contributed by atoms with Gasteiger partial charge in [0.05, 0.1) is 9.92 Å². The fourth-order valence-corrected chi connectivity index (χ4v) is 3.02. The Bertz CT molecular complexity index is 750. The molecule has 0 spiro atoms. The summed E-state index contributed by atoms with van der Waals surface area (Å²) in [5, 5.41) is 7.39. The van der Waals surface area contributed by atoms with E-state index in [2.05, 4.69) is 14.9 Å². The maximum atomic E-state index is 12.1. The van der Waals surface area contributed by atoms with Crippen molar-refractivity contribution in [1.29, 1.82) is 0 Å². The van der Waals surface area contributed by atoms with Crippen molar-refractivity contribution in [3.8, 4) is 0 Å². The zero-order valence-electron chi connectivity index (χ0n) is 9.95. The minimum atomic E-state index is -3.80. The van der Waals surface area contributed by atoms with E-state index in [9.17, 15) is 8.42 Å². The summed E-state index contributed by atoms with van der Waals surface area (Å²) < 4.78 is 26.6. The van der Waals surface area contributed by atoms with E-state index >= 15 is 0 Å². The number of aromatic nitrogens is 2. The molecule has 0 atom stereocenters. The van der Waals surface area contributed by atoms with Gasteiger partial charge in [0, 0.05) is 11.8 Å². The lowest BCUT2D eigenvalue weighted by Gasteiger charge is -2.08.